The number of hydrogen-bond donors (Lipinski definition) is 1. The summed E-state index contributed by atoms with van der Waals surface area (Å²) in [5, 5.41) is 7.21. The van der Waals surface area contributed by atoms with E-state index in [4.69, 9.17) is 17.0 Å². The van der Waals surface area contributed by atoms with Gasteiger partial charge in [0.05, 0.1) is 12.8 Å². The van der Waals surface area contributed by atoms with Gasteiger partial charge in [0, 0.05) is 11.6 Å². The van der Waals surface area contributed by atoms with E-state index in [2.05, 4.69) is 29.3 Å². The molecule has 3 rings (SSSR count). The van der Waals surface area contributed by atoms with E-state index < -0.39 is 0 Å². The van der Waals surface area contributed by atoms with Gasteiger partial charge >= 0.3 is 0 Å². The van der Waals surface area contributed by atoms with Crippen molar-refractivity contribution in [1.82, 2.24) is 14.8 Å². The molecule has 5 heteroatoms. The highest BCUT2D eigenvalue weighted by atomic mass is 32.1. The zero-order chi connectivity index (χ0) is 14.8. The van der Waals surface area contributed by atoms with Crippen LogP contribution in [0.1, 0.15) is 5.56 Å². The van der Waals surface area contributed by atoms with Crippen molar-refractivity contribution in [3.63, 3.8) is 0 Å². The minimum Gasteiger partial charge on any atom is -0.497 e. The Labute approximate surface area is 128 Å². The molecule has 1 heterocycles. The first-order valence-electron chi connectivity index (χ1n) is 6.58. The minimum absolute atomic E-state index is 0.554. The van der Waals surface area contributed by atoms with Crippen molar-refractivity contribution in [2.45, 2.75) is 6.92 Å². The molecule has 2 aromatic carbocycles. The molecule has 0 saturated heterocycles. The van der Waals surface area contributed by atoms with Gasteiger partial charge in [0.2, 0.25) is 0 Å². The lowest BCUT2D eigenvalue weighted by Crippen LogP contribution is -1.98. The third-order valence-electron chi connectivity index (χ3n) is 3.29. The lowest BCUT2D eigenvalue weighted by atomic mass is 10.1. The van der Waals surface area contributed by atoms with Gasteiger partial charge in [-0.05, 0) is 31.3 Å². The highest BCUT2D eigenvalue weighted by Crippen LogP contribution is 2.24. The number of methoxy groups -OCH3 is 1. The standard InChI is InChI=1S/C16H15N3OS/c1-11-6-8-12(9-7-11)15-17-18-16(21)19(15)13-4-3-5-14(10-13)20-2/h3-10H,1-2H3,(H,18,21). The van der Waals surface area contributed by atoms with Crippen LogP contribution in [-0.2, 0) is 0 Å². The molecule has 0 unspecified atom stereocenters. The number of aromatic nitrogens is 3. The first-order chi connectivity index (χ1) is 10.2. The molecule has 0 fully saturated rings. The Balaban J connectivity index is 2.17. The predicted octanol–water partition coefficient (Wildman–Crippen LogP) is 3.91. The van der Waals surface area contributed by atoms with E-state index in [9.17, 15) is 0 Å². The van der Waals surface area contributed by atoms with Gasteiger partial charge in [0.1, 0.15) is 5.75 Å². The van der Waals surface area contributed by atoms with Crippen molar-refractivity contribution in [1.29, 1.82) is 0 Å². The fourth-order valence-corrected chi connectivity index (χ4v) is 2.42. The van der Waals surface area contributed by atoms with Gasteiger partial charge in [-0.2, -0.15) is 5.10 Å². The summed E-state index contributed by atoms with van der Waals surface area (Å²) in [6, 6.07) is 15.9. The number of aryl methyl sites for hydroxylation is 1. The number of H-pyrrole nitrogens is 1. The third kappa shape index (κ3) is 2.60. The Morgan fingerprint density at radius 2 is 1.90 bits per heavy atom. The van der Waals surface area contributed by atoms with Gasteiger partial charge in [-0.3, -0.25) is 9.67 Å². The Morgan fingerprint density at radius 3 is 2.62 bits per heavy atom. The zero-order valence-electron chi connectivity index (χ0n) is 11.8. The number of aromatic amines is 1. The largest absolute Gasteiger partial charge is 0.497 e. The Bertz CT molecular complexity index is 818. The van der Waals surface area contributed by atoms with Crippen molar-refractivity contribution < 1.29 is 4.74 Å². The molecular formula is C16H15N3OS. The van der Waals surface area contributed by atoms with E-state index in [1.165, 1.54) is 5.56 Å². The van der Waals surface area contributed by atoms with Crippen LogP contribution in [0.5, 0.6) is 5.75 Å². The summed E-state index contributed by atoms with van der Waals surface area (Å²) in [4.78, 5) is 0. The summed E-state index contributed by atoms with van der Waals surface area (Å²) in [7, 11) is 1.65. The van der Waals surface area contributed by atoms with Crippen LogP contribution in [0.25, 0.3) is 17.1 Å². The van der Waals surface area contributed by atoms with Gasteiger partial charge in [0.15, 0.2) is 10.6 Å². The molecule has 21 heavy (non-hydrogen) atoms. The maximum absolute atomic E-state index is 5.36. The molecule has 0 aliphatic carbocycles. The van der Waals surface area contributed by atoms with Gasteiger partial charge < -0.3 is 4.74 Å². The van der Waals surface area contributed by atoms with Crippen LogP contribution >= 0.6 is 12.2 Å². The summed E-state index contributed by atoms with van der Waals surface area (Å²) >= 11 is 5.36. The first kappa shape index (κ1) is 13.6. The summed E-state index contributed by atoms with van der Waals surface area (Å²) in [5.74, 6) is 1.57. The van der Waals surface area contributed by atoms with Crippen molar-refractivity contribution in [3.8, 4) is 22.8 Å². The molecule has 0 amide bonds. The first-order valence-corrected chi connectivity index (χ1v) is 6.99. The van der Waals surface area contributed by atoms with Crippen LogP contribution in [0.4, 0.5) is 0 Å². The smallest absolute Gasteiger partial charge is 0.200 e. The van der Waals surface area contributed by atoms with E-state index in [-0.39, 0.29) is 0 Å². The second-order valence-corrected chi connectivity index (χ2v) is 5.14. The molecule has 106 valence electrons. The molecule has 0 saturated carbocycles. The monoisotopic (exact) mass is 297 g/mol. The molecule has 0 bridgehead atoms. The van der Waals surface area contributed by atoms with Crippen molar-refractivity contribution >= 4 is 12.2 Å². The van der Waals surface area contributed by atoms with Crippen LogP contribution in [0.2, 0.25) is 0 Å². The van der Waals surface area contributed by atoms with Crippen LogP contribution in [0, 0.1) is 11.7 Å². The average molecular weight is 297 g/mol. The topological polar surface area (TPSA) is 42.8 Å². The molecule has 1 N–H and O–H groups in total. The molecule has 0 spiro atoms. The Kier molecular flexibility index (Phi) is 3.58. The van der Waals surface area contributed by atoms with Gasteiger partial charge in [-0.25, -0.2) is 0 Å². The van der Waals surface area contributed by atoms with Gasteiger partial charge in [-0.1, -0.05) is 35.9 Å². The summed E-state index contributed by atoms with van der Waals surface area (Å²) < 4.78 is 7.74. The van der Waals surface area contributed by atoms with Gasteiger partial charge in [-0.15, -0.1) is 0 Å². The van der Waals surface area contributed by atoms with Crippen molar-refractivity contribution in [2.75, 3.05) is 7.11 Å². The van der Waals surface area contributed by atoms with Gasteiger partial charge in [0.25, 0.3) is 0 Å². The second-order valence-electron chi connectivity index (χ2n) is 4.76. The molecule has 0 radical (unpaired) electrons. The number of rotatable bonds is 3. The molecular weight excluding hydrogens is 282 g/mol. The third-order valence-corrected chi connectivity index (χ3v) is 3.57. The molecule has 0 aliphatic rings. The summed E-state index contributed by atoms with van der Waals surface area (Å²) in [6.07, 6.45) is 0. The number of nitrogens with one attached hydrogen (secondary N) is 1. The van der Waals surface area contributed by atoms with E-state index >= 15 is 0 Å². The number of ether oxygens (including phenoxy) is 1. The molecule has 4 nitrogen and oxygen atoms in total. The lowest BCUT2D eigenvalue weighted by molar-refractivity contribution is 0.414. The highest BCUT2D eigenvalue weighted by Gasteiger charge is 2.11. The summed E-state index contributed by atoms with van der Waals surface area (Å²) in [6.45, 7) is 2.06. The van der Waals surface area contributed by atoms with Crippen molar-refractivity contribution in [3.05, 3.63) is 58.9 Å². The SMILES string of the molecule is COc1cccc(-n2c(-c3ccc(C)cc3)n[nH]c2=S)c1. The number of benzene rings is 2. The van der Waals surface area contributed by atoms with Crippen LogP contribution in [-0.4, -0.2) is 21.9 Å². The Morgan fingerprint density at radius 1 is 1.14 bits per heavy atom. The number of hydrogen-bond acceptors (Lipinski definition) is 3. The Hall–Kier alpha value is -2.40. The van der Waals surface area contributed by atoms with Crippen LogP contribution < -0.4 is 4.74 Å². The van der Waals surface area contributed by atoms with Crippen LogP contribution in [0.3, 0.4) is 0 Å². The molecule has 0 aliphatic heterocycles. The van der Waals surface area contributed by atoms with E-state index in [1.54, 1.807) is 7.11 Å². The second kappa shape index (κ2) is 5.54. The maximum Gasteiger partial charge on any atom is 0.200 e. The summed E-state index contributed by atoms with van der Waals surface area (Å²) in [5.41, 5.74) is 3.14. The molecule has 1 aromatic heterocycles. The quantitative estimate of drug-likeness (QED) is 0.745. The predicted molar refractivity (Wildman–Crippen MR) is 85.5 cm³/mol. The van der Waals surface area contributed by atoms with E-state index in [0.717, 1.165) is 22.8 Å². The molecule has 0 atom stereocenters. The van der Waals surface area contributed by atoms with Crippen LogP contribution in [0.15, 0.2) is 48.5 Å². The van der Waals surface area contributed by atoms with E-state index in [0.29, 0.717) is 4.77 Å². The molecule has 3 aromatic rings. The van der Waals surface area contributed by atoms with Crippen molar-refractivity contribution in [2.24, 2.45) is 0 Å². The highest BCUT2D eigenvalue weighted by molar-refractivity contribution is 7.71. The fraction of sp³-hybridized carbons (Fsp3) is 0.125. The van der Waals surface area contributed by atoms with E-state index in [1.807, 2.05) is 41.0 Å². The zero-order valence-corrected chi connectivity index (χ0v) is 12.6. The maximum atomic E-state index is 5.36. The fourth-order valence-electron chi connectivity index (χ4n) is 2.18. The number of nitrogens with zero attached hydrogens (tertiary/aromatic N) is 2. The normalized spacial score (nSPS) is 10.6. The lowest BCUT2D eigenvalue weighted by Gasteiger charge is -2.08. The average Bonchev–Trinajstić information content (AvgIpc) is 2.90. The minimum atomic E-state index is 0.554.